The van der Waals surface area contributed by atoms with Gasteiger partial charge in [0.2, 0.25) is 0 Å². The maximum atomic E-state index is 1.59. The summed E-state index contributed by atoms with van der Waals surface area (Å²) in [5.74, 6) is 4.63. The van der Waals surface area contributed by atoms with E-state index >= 15 is 0 Å². The Hall–Kier alpha value is 0. The van der Waals surface area contributed by atoms with Crippen LogP contribution in [0.2, 0.25) is 0 Å². The van der Waals surface area contributed by atoms with Gasteiger partial charge in [-0.15, -0.1) is 0 Å². The summed E-state index contributed by atoms with van der Waals surface area (Å²) in [5, 5.41) is 0. The van der Waals surface area contributed by atoms with Gasteiger partial charge in [0.25, 0.3) is 0 Å². The van der Waals surface area contributed by atoms with E-state index in [2.05, 4.69) is 0 Å². The summed E-state index contributed by atoms with van der Waals surface area (Å²) in [6.45, 7) is 0. The van der Waals surface area contributed by atoms with Crippen molar-refractivity contribution in [1.82, 2.24) is 0 Å². The predicted octanol–water partition coefficient (Wildman–Crippen LogP) is 5.17. The van der Waals surface area contributed by atoms with Gasteiger partial charge >= 0.3 is 0 Å². The van der Waals surface area contributed by atoms with Crippen LogP contribution >= 0.6 is 0 Å². The van der Waals surface area contributed by atoms with Crippen LogP contribution in [0.1, 0.15) is 77.0 Å². The van der Waals surface area contributed by atoms with Crippen molar-refractivity contribution in [2.24, 2.45) is 23.7 Å². The first-order valence-corrected chi connectivity index (χ1v) is 7.95. The average molecular weight is 220 g/mol. The van der Waals surface area contributed by atoms with Gasteiger partial charge in [0.15, 0.2) is 0 Å². The number of hydrogen-bond donors (Lipinski definition) is 0. The zero-order valence-electron chi connectivity index (χ0n) is 10.8. The second-order valence-electron chi connectivity index (χ2n) is 6.70. The minimum Gasteiger partial charge on any atom is -0.0533 e. The maximum absolute atomic E-state index is 1.59. The van der Waals surface area contributed by atoms with E-state index in [1.54, 1.807) is 64.2 Å². The van der Waals surface area contributed by atoms with Crippen molar-refractivity contribution < 1.29 is 0 Å². The SMILES string of the molecule is C1CCC(C2CCC2C2CCCCC2)CC1. The topological polar surface area (TPSA) is 0 Å². The van der Waals surface area contributed by atoms with Gasteiger partial charge in [-0.05, 0) is 36.5 Å². The van der Waals surface area contributed by atoms with Gasteiger partial charge in [-0.1, -0.05) is 64.2 Å². The first kappa shape index (κ1) is 11.1. The molecule has 0 radical (unpaired) electrons. The largest absolute Gasteiger partial charge is 0.0533 e. The highest BCUT2D eigenvalue weighted by molar-refractivity contribution is 4.91. The molecule has 2 atom stereocenters. The molecular formula is C16H28. The van der Waals surface area contributed by atoms with E-state index in [4.69, 9.17) is 0 Å². The predicted molar refractivity (Wildman–Crippen MR) is 69.4 cm³/mol. The molecule has 3 aliphatic carbocycles. The van der Waals surface area contributed by atoms with Crippen LogP contribution in [0.25, 0.3) is 0 Å². The molecule has 0 aliphatic heterocycles. The summed E-state index contributed by atoms with van der Waals surface area (Å²) >= 11 is 0. The van der Waals surface area contributed by atoms with Crippen molar-refractivity contribution in [1.29, 1.82) is 0 Å². The Morgan fingerprint density at radius 2 is 0.750 bits per heavy atom. The molecule has 16 heavy (non-hydrogen) atoms. The van der Waals surface area contributed by atoms with Crippen molar-refractivity contribution >= 4 is 0 Å². The molecule has 0 aromatic carbocycles. The summed E-state index contributed by atoms with van der Waals surface area (Å²) in [6.07, 6.45) is 18.7. The Morgan fingerprint density at radius 3 is 1.06 bits per heavy atom. The van der Waals surface area contributed by atoms with E-state index in [0.717, 1.165) is 11.8 Å². The van der Waals surface area contributed by atoms with Crippen LogP contribution < -0.4 is 0 Å². The Morgan fingerprint density at radius 1 is 0.375 bits per heavy atom. The lowest BCUT2D eigenvalue weighted by molar-refractivity contribution is 0.0213. The van der Waals surface area contributed by atoms with Gasteiger partial charge in [0.1, 0.15) is 0 Å². The normalized spacial score (nSPS) is 38.2. The molecule has 3 fully saturated rings. The molecule has 92 valence electrons. The van der Waals surface area contributed by atoms with E-state index < -0.39 is 0 Å². The fraction of sp³-hybridized carbons (Fsp3) is 1.00. The summed E-state index contributed by atoms with van der Waals surface area (Å²) in [6, 6.07) is 0. The molecule has 0 saturated heterocycles. The third-order valence-corrected chi connectivity index (χ3v) is 5.89. The minimum atomic E-state index is 1.15. The van der Waals surface area contributed by atoms with Crippen molar-refractivity contribution in [2.75, 3.05) is 0 Å². The molecule has 0 aromatic rings. The van der Waals surface area contributed by atoms with Crippen LogP contribution in [0.4, 0.5) is 0 Å². The maximum Gasteiger partial charge on any atom is -0.0355 e. The zero-order valence-corrected chi connectivity index (χ0v) is 10.8. The van der Waals surface area contributed by atoms with Crippen molar-refractivity contribution in [3.63, 3.8) is 0 Å². The molecule has 3 rings (SSSR count). The quantitative estimate of drug-likeness (QED) is 0.602. The van der Waals surface area contributed by atoms with Gasteiger partial charge in [-0.3, -0.25) is 0 Å². The van der Waals surface area contributed by atoms with Crippen molar-refractivity contribution in [3.05, 3.63) is 0 Å². The second-order valence-corrected chi connectivity index (χ2v) is 6.70. The molecule has 0 heteroatoms. The molecule has 0 spiro atoms. The van der Waals surface area contributed by atoms with E-state index in [1.165, 1.54) is 24.7 Å². The fourth-order valence-corrected chi connectivity index (χ4v) is 4.85. The van der Waals surface area contributed by atoms with Crippen LogP contribution in [0, 0.1) is 23.7 Å². The lowest BCUT2D eigenvalue weighted by Crippen LogP contribution is -2.39. The van der Waals surface area contributed by atoms with Gasteiger partial charge in [-0.25, -0.2) is 0 Å². The van der Waals surface area contributed by atoms with E-state index in [1.807, 2.05) is 0 Å². The standard InChI is InChI=1S/C16H28/c1-3-7-13(8-4-1)15-11-12-16(15)14-9-5-2-6-10-14/h13-16H,1-12H2. The molecule has 0 bridgehead atoms. The third-order valence-electron chi connectivity index (χ3n) is 5.89. The fourth-order valence-electron chi connectivity index (χ4n) is 4.85. The highest BCUT2D eigenvalue weighted by Crippen LogP contribution is 2.51. The highest BCUT2D eigenvalue weighted by Gasteiger charge is 2.41. The van der Waals surface area contributed by atoms with Gasteiger partial charge in [-0.2, -0.15) is 0 Å². The highest BCUT2D eigenvalue weighted by atomic mass is 14.5. The molecule has 2 unspecified atom stereocenters. The number of hydrogen-bond acceptors (Lipinski definition) is 0. The lowest BCUT2D eigenvalue weighted by Gasteiger charge is -2.48. The summed E-state index contributed by atoms with van der Waals surface area (Å²) in [5.41, 5.74) is 0. The van der Waals surface area contributed by atoms with Crippen LogP contribution in [0.5, 0.6) is 0 Å². The molecule has 3 saturated carbocycles. The summed E-state index contributed by atoms with van der Waals surface area (Å²) in [7, 11) is 0. The smallest absolute Gasteiger partial charge is 0.0355 e. The molecule has 0 amide bonds. The van der Waals surface area contributed by atoms with Gasteiger partial charge in [0, 0.05) is 0 Å². The van der Waals surface area contributed by atoms with Crippen LogP contribution in [-0.4, -0.2) is 0 Å². The van der Waals surface area contributed by atoms with Crippen molar-refractivity contribution in [3.8, 4) is 0 Å². The average Bonchev–Trinajstić information content (AvgIpc) is 2.30. The molecule has 0 heterocycles. The van der Waals surface area contributed by atoms with E-state index in [0.29, 0.717) is 0 Å². The van der Waals surface area contributed by atoms with Crippen LogP contribution in [-0.2, 0) is 0 Å². The third kappa shape index (κ3) is 2.17. The van der Waals surface area contributed by atoms with Crippen LogP contribution in [0.3, 0.4) is 0 Å². The summed E-state index contributed by atoms with van der Waals surface area (Å²) in [4.78, 5) is 0. The minimum absolute atomic E-state index is 1.15. The van der Waals surface area contributed by atoms with Crippen LogP contribution in [0.15, 0.2) is 0 Å². The van der Waals surface area contributed by atoms with Gasteiger partial charge < -0.3 is 0 Å². The van der Waals surface area contributed by atoms with E-state index in [-0.39, 0.29) is 0 Å². The molecule has 0 N–H and O–H groups in total. The Bertz CT molecular complexity index is 184. The van der Waals surface area contributed by atoms with Crippen molar-refractivity contribution in [2.45, 2.75) is 77.0 Å². The van der Waals surface area contributed by atoms with Gasteiger partial charge in [0.05, 0.1) is 0 Å². The molecule has 0 nitrogen and oxygen atoms in total. The Labute approximate surface area is 101 Å². The Balaban J connectivity index is 1.55. The summed E-state index contributed by atoms with van der Waals surface area (Å²) < 4.78 is 0. The molecule has 0 aromatic heterocycles. The zero-order chi connectivity index (χ0) is 10.8. The lowest BCUT2D eigenvalue weighted by atomic mass is 9.57. The molecular weight excluding hydrogens is 192 g/mol. The number of rotatable bonds is 2. The Kier molecular flexibility index (Phi) is 3.54. The second kappa shape index (κ2) is 5.10. The monoisotopic (exact) mass is 220 g/mol. The van der Waals surface area contributed by atoms with E-state index in [9.17, 15) is 0 Å². The molecule has 3 aliphatic rings. The first-order chi connectivity index (χ1) is 7.95. The first-order valence-electron chi connectivity index (χ1n) is 7.95.